The Morgan fingerprint density at radius 1 is 1.30 bits per heavy atom. The van der Waals surface area contributed by atoms with Crippen molar-refractivity contribution < 1.29 is 14.3 Å². The lowest BCUT2D eigenvalue weighted by atomic mass is 10.0. The third-order valence-electron chi connectivity index (χ3n) is 3.10. The topological polar surface area (TPSA) is 59.2 Å². The van der Waals surface area contributed by atoms with Gasteiger partial charge in [0.25, 0.3) is 0 Å². The molecule has 0 radical (unpaired) electrons. The van der Waals surface area contributed by atoms with E-state index in [0.29, 0.717) is 5.56 Å². The molecule has 2 aromatic rings. The van der Waals surface area contributed by atoms with Crippen LogP contribution in [0.5, 0.6) is 0 Å². The van der Waals surface area contributed by atoms with Crippen LogP contribution in [0.1, 0.15) is 29.9 Å². The first-order chi connectivity index (χ1) is 9.54. The van der Waals surface area contributed by atoms with E-state index in [0.717, 1.165) is 16.6 Å². The second-order valence-corrected chi connectivity index (χ2v) is 4.61. The van der Waals surface area contributed by atoms with Crippen molar-refractivity contribution in [2.45, 2.75) is 26.9 Å². The van der Waals surface area contributed by atoms with Crippen molar-refractivity contribution >= 4 is 22.7 Å². The first kappa shape index (κ1) is 14.1. The number of aromatic nitrogens is 1. The lowest BCUT2D eigenvalue weighted by Crippen LogP contribution is -2.24. The molecule has 0 fully saturated rings. The number of fused-ring (bicyclic) bond motifs is 1. The number of esters is 1. The van der Waals surface area contributed by atoms with E-state index in [1.54, 1.807) is 19.9 Å². The van der Waals surface area contributed by atoms with Crippen molar-refractivity contribution in [3.8, 4) is 0 Å². The van der Waals surface area contributed by atoms with Gasteiger partial charge < -0.3 is 9.72 Å². The van der Waals surface area contributed by atoms with Gasteiger partial charge in [0, 0.05) is 28.2 Å². The number of ketones is 1. The Balaban J connectivity index is 2.31. The van der Waals surface area contributed by atoms with E-state index in [-0.39, 0.29) is 5.78 Å². The maximum atomic E-state index is 12.5. The van der Waals surface area contributed by atoms with E-state index in [2.05, 4.69) is 4.98 Å². The highest BCUT2D eigenvalue weighted by Crippen LogP contribution is 2.23. The van der Waals surface area contributed by atoms with Crippen molar-refractivity contribution in [1.82, 2.24) is 4.98 Å². The summed E-state index contributed by atoms with van der Waals surface area (Å²) in [6.45, 7) is 5.15. The van der Waals surface area contributed by atoms with Gasteiger partial charge in [0.15, 0.2) is 6.10 Å². The first-order valence-electron chi connectivity index (χ1n) is 6.49. The number of carbonyl (C=O) groups excluding carboxylic acids is 2. The van der Waals surface area contributed by atoms with Gasteiger partial charge >= 0.3 is 5.97 Å². The van der Waals surface area contributed by atoms with Crippen LogP contribution in [0.15, 0.2) is 36.4 Å². The molecule has 0 amide bonds. The maximum Gasteiger partial charge on any atom is 0.331 e. The summed E-state index contributed by atoms with van der Waals surface area (Å²) in [5.41, 5.74) is 2.27. The molecule has 104 valence electrons. The van der Waals surface area contributed by atoms with Gasteiger partial charge in [-0.2, -0.15) is 0 Å². The molecule has 0 saturated heterocycles. The Hall–Kier alpha value is -2.36. The second kappa shape index (κ2) is 5.74. The molecule has 1 atom stereocenters. The number of hydrogen-bond donors (Lipinski definition) is 1. The van der Waals surface area contributed by atoms with E-state index in [1.165, 1.54) is 6.08 Å². The van der Waals surface area contributed by atoms with Gasteiger partial charge in [0.2, 0.25) is 5.78 Å². The Morgan fingerprint density at radius 2 is 2.00 bits per heavy atom. The molecule has 4 heteroatoms. The number of Topliss-reactive ketones (excluding diaryl/α,β-unsaturated/α-hetero) is 1. The van der Waals surface area contributed by atoms with Crippen LogP contribution in [0.2, 0.25) is 0 Å². The molecule has 20 heavy (non-hydrogen) atoms. The molecule has 0 spiro atoms. The molecule has 0 bridgehead atoms. The minimum Gasteiger partial charge on any atom is -0.451 e. The normalized spacial score (nSPS) is 12.8. The summed E-state index contributed by atoms with van der Waals surface area (Å²) in [4.78, 5) is 27.0. The number of carbonyl (C=O) groups is 2. The monoisotopic (exact) mass is 271 g/mol. The number of nitrogens with one attached hydrogen (secondary N) is 1. The van der Waals surface area contributed by atoms with E-state index < -0.39 is 12.1 Å². The standard InChI is InChI=1S/C16H17NO3/c1-4-7-14(18)20-11(3)16(19)15-10(2)17-13-9-6-5-8-12(13)15/h4-9,11,17H,1-3H3/b7-4+/t11-/m1/s1. The van der Waals surface area contributed by atoms with E-state index in [9.17, 15) is 9.59 Å². The fraction of sp³-hybridized carbons (Fsp3) is 0.250. The smallest absolute Gasteiger partial charge is 0.331 e. The molecule has 0 aliphatic rings. The zero-order valence-electron chi connectivity index (χ0n) is 11.8. The van der Waals surface area contributed by atoms with Crippen molar-refractivity contribution in [2.24, 2.45) is 0 Å². The number of para-hydroxylation sites is 1. The van der Waals surface area contributed by atoms with Gasteiger partial charge in [0.05, 0.1) is 0 Å². The Labute approximate surface area is 117 Å². The summed E-state index contributed by atoms with van der Waals surface area (Å²) in [7, 11) is 0. The highest BCUT2D eigenvalue weighted by molar-refractivity contribution is 6.11. The quantitative estimate of drug-likeness (QED) is 0.528. The molecule has 1 heterocycles. The number of allylic oxidation sites excluding steroid dienone is 1. The van der Waals surface area contributed by atoms with E-state index >= 15 is 0 Å². The molecular formula is C16H17NO3. The zero-order chi connectivity index (χ0) is 14.7. The van der Waals surface area contributed by atoms with Crippen LogP contribution < -0.4 is 0 Å². The van der Waals surface area contributed by atoms with Crippen molar-refractivity contribution in [3.05, 3.63) is 47.7 Å². The van der Waals surface area contributed by atoms with Crippen molar-refractivity contribution in [3.63, 3.8) is 0 Å². The minimum atomic E-state index is -0.809. The molecule has 0 saturated carbocycles. The van der Waals surface area contributed by atoms with Crippen LogP contribution in [-0.4, -0.2) is 22.8 Å². The average Bonchev–Trinajstić information content (AvgIpc) is 2.73. The van der Waals surface area contributed by atoms with Crippen LogP contribution in [0.25, 0.3) is 10.9 Å². The third-order valence-corrected chi connectivity index (χ3v) is 3.10. The number of rotatable bonds is 4. The molecule has 0 aliphatic carbocycles. The number of benzene rings is 1. The number of ether oxygens (including phenoxy) is 1. The number of aryl methyl sites for hydroxylation is 1. The van der Waals surface area contributed by atoms with Gasteiger partial charge in [-0.3, -0.25) is 4.79 Å². The van der Waals surface area contributed by atoms with Gasteiger partial charge in [-0.25, -0.2) is 4.79 Å². The lowest BCUT2D eigenvalue weighted by Gasteiger charge is -2.11. The summed E-state index contributed by atoms with van der Waals surface area (Å²) < 4.78 is 5.09. The second-order valence-electron chi connectivity index (χ2n) is 4.61. The molecular weight excluding hydrogens is 254 g/mol. The van der Waals surface area contributed by atoms with E-state index in [1.807, 2.05) is 31.2 Å². The molecule has 2 rings (SSSR count). The van der Waals surface area contributed by atoms with Crippen molar-refractivity contribution in [1.29, 1.82) is 0 Å². The number of hydrogen-bond acceptors (Lipinski definition) is 3. The lowest BCUT2D eigenvalue weighted by molar-refractivity contribution is -0.140. The first-order valence-corrected chi connectivity index (χ1v) is 6.49. The minimum absolute atomic E-state index is 0.196. The summed E-state index contributed by atoms with van der Waals surface area (Å²) in [5, 5.41) is 0.851. The Morgan fingerprint density at radius 3 is 2.70 bits per heavy atom. The zero-order valence-corrected chi connectivity index (χ0v) is 11.8. The summed E-state index contributed by atoms with van der Waals surface area (Å²) >= 11 is 0. The number of aromatic amines is 1. The number of H-pyrrole nitrogens is 1. The van der Waals surface area contributed by atoms with E-state index in [4.69, 9.17) is 4.74 Å². The summed E-state index contributed by atoms with van der Waals surface area (Å²) in [5.74, 6) is -0.705. The fourth-order valence-electron chi connectivity index (χ4n) is 2.20. The predicted molar refractivity (Wildman–Crippen MR) is 77.7 cm³/mol. The Kier molecular flexibility index (Phi) is 4.03. The van der Waals surface area contributed by atoms with Gasteiger partial charge in [-0.15, -0.1) is 0 Å². The van der Waals surface area contributed by atoms with Gasteiger partial charge in [-0.05, 0) is 26.8 Å². The average molecular weight is 271 g/mol. The summed E-state index contributed by atoms with van der Waals surface area (Å²) in [6.07, 6.45) is 2.07. The van der Waals surface area contributed by atoms with Gasteiger partial charge in [0.1, 0.15) is 0 Å². The van der Waals surface area contributed by atoms with Crippen LogP contribution in [0, 0.1) is 6.92 Å². The molecule has 1 aromatic heterocycles. The molecule has 4 nitrogen and oxygen atoms in total. The fourth-order valence-corrected chi connectivity index (χ4v) is 2.20. The van der Waals surface area contributed by atoms with Crippen molar-refractivity contribution in [2.75, 3.05) is 0 Å². The highest BCUT2D eigenvalue weighted by Gasteiger charge is 2.23. The molecule has 0 aliphatic heterocycles. The molecule has 1 aromatic carbocycles. The summed E-state index contributed by atoms with van der Waals surface area (Å²) in [6, 6.07) is 7.58. The Bertz CT molecular complexity index is 682. The largest absolute Gasteiger partial charge is 0.451 e. The molecule has 0 unspecified atom stereocenters. The van der Waals surface area contributed by atoms with Crippen LogP contribution in [-0.2, 0) is 9.53 Å². The van der Waals surface area contributed by atoms with Gasteiger partial charge in [-0.1, -0.05) is 24.3 Å². The predicted octanol–water partition coefficient (Wildman–Crippen LogP) is 3.17. The van der Waals surface area contributed by atoms with Crippen LogP contribution in [0.4, 0.5) is 0 Å². The van der Waals surface area contributed by atoms with Crippen LogP contribution >= 0.6 is 0 Å². The maximum absolute atomic E-state index is 12.5. The third kappa shape index (κ3) is 2.64. The van der Waals surface area contributed by atoms with Crippen LogP contribution in [0.3, 0.4) is 0 Å². The highest BCUT2D eigenvalue weighted by atomic mass is 16.5. The SMILES string of the molecule is C/C=C/C(=O)O[C@H](C)C(=O)c1c(C)[nH]c2ccccc12. The molecule has 1 N–H and O–H groups in total.